The summed E-state index contributed by atoms with van der Waals surface area (Å²) in [6.45, 7) is 0. The summed E-state index contributed by atoms with van der Waals surface area (Å²) in [6.07, 6.45) is -2.71. The third-order valence-corrected chi connectivity index (χ3v) is 1.40. The largest absolute Gasteiger partial charge is 0.264 e. The van der Waals surface area contributed by atoms with E-state index in [4.69, 9.17) is 11.6 Å². The van der Waals surface area contributed by atoms with E-state index in [1.807, 2.05) is 6.07 Å². The van der Waals surface area contributed by atoms with Gasteiger partial charge in [0.2, 0.25) is 0 Å². The summed E-state index contributed by atoms with van der Waals surface area (Å²) in [4.78, 5) is 0. The van der Waals surface area contributed by atoms with Crippen LogP contribution in [0.4, 0.5) is 13.2 Å². The van der Waals surface area contributed by atoms with Gasteiger partial charge in [0.25, 0.3) is 6.43 Å². The van der Waals surface area contributed by atoms with Crippen molar-refractivity contribution < 1.29 is 13.2 Å². The molecular weight excluding hydrogens is 177 g/mol. The predicted molar refractivity (Wildman–Crippen MR) is 35.2 cm³/mol. The summed E-state index contributed by atoms with van der Waals surface area (Å²) >= 11 is 5.23. The molecule has 1 aromatic rings. The van der Waals surface area contributed by atoms with Gasteiger partial charge in [-0.3, -0.25) is 0 Å². The molecule has 0 unspecified atom stereocenters. The zero-order valence-electron chi connectivity index (χ0n) is 5.24. The van der Waals surface area contributed by atoms with E-state index in [9.17, 15) is 13.2 Å². The molecule has 0 aliphatic carbocycles. The van der Waals surface area contributed by atoms with Crippen LogP contribution in [0, 0.1) is 11.9 Å². The van der Waals surface area contributed by atoms with Gasteiger partial charge in [-0.25, -0.2) is 13.2 Å². The first-order chi connectivity index (χ1) is 5.11. The number of hydrogen-bond acceptors (Lipinski definition) is 0. The Morgan fingerprint density at radius 2 is 2.00 bits per heavy atom. The summed E-state index contributed by atoms with van der Waals surface area (Å²) < 4.78 is 36.1. The van der Waals surface area contributed by atoms with Crippen LogP contribution in [0.15, 0.2) is 12.1 Å². The highest BCUT2D eigenvalue weighted by molar-refractivity contribution is 6.30. The molecule has 1 rings (SSSR count). The minimum Gasteiger partial charge on any atom is -0.205 e. The molecule has 0 aliphatic heterocycles. The van der Waals surface area contributed by atoms with Crippen LogP contribution < -0.4 is 0 Å². The van der Waals surface area contributed by atoms with Gasteiger partial charge in [-0.05, 0) is 6.07 Å². The van der Waals surface area contributed by atoms with E-state index in [2.05, 4.69) is 0 Å². The molecule has 0 N–H and O–H groups in total. The van der Waals surface area contributed by atoms with E-state index >= 15 is 0 Å². The Labute approximate surface area is 66.6 Å². The monoisotopic (exact) mass is 179 g/mol. The molecule has 0 saturated carbocycles. The van der Waals surface area contributed by atoms with Gasteiger partial charge < -0.3 is 0 Å². The third kappa shape index (κ3) is 1.87. The Morgan fingerprint density at radius 3 is 2.45 bits per heavy atom. The first-order valence-corrected chi connectivity index (χ1v) is 3.14. The van der Waals surface area contributed by atoms with E-state index < -0.39 is 17.8 Å². The maximum absolute atomic E-state index is 12.4. The van der Waals surface area contributed by atoms with Crippen molar-refractivity contribution in [3.05, 3.63) is 34.6 Å². The zero-order chi connectivity index (χ0) is 8.43. The summed E-state index contributed by atoms with van der Waals surface area (Å²) in [6, 6.07) is 3.94. The average Bonchev–Trinajstić information content (AvgIpc) is 1.94. The Morgan fingerprint density at radius 1 is 1.36 bits per heavy atom. The second-order valence-corrected chi connectivity index (χ2v) is 2.28. The van der Waals surface area contributed by atoms with Gasteiger partial charge in [0.1, 0.15) is 5.82 Å². The highest BCUT2D eigenvalue weighted by Crippen LogP contribution is 2.22. The number of rotatable bonds is 1. The molecule has 0 saturated heterocycles. The second-order valence-electron chi connectivity index (χ2n) is 1.88. The predicted octanol–water partition coefficient (Wildman–Crippen LogP) is 3.22. The molecule has 0 bridgehead atoms. The van der Waals surface area contributed by atoms with Gasteiger partial charge in [-0.1, -0.05) is 17.7 Å². The van der Waals surface area contributed by atoms with Crippen molar-refractivity contribution >= 4 is 11.6 Å². The molecular formula is C7H3ClF3. The lowest BCUT2D eigenvalue weighted by Gasteiger charge is -1.98. The number of alkyl halides is 2. The molecule has 0 heterocycles. The van der Waals surface area contributed by atoms with Crippen molar-refractivity contribution in [2.45, 2.75) is 6.43 Å². The smallest absolute Gasteiger partial charge is 0.205 e. The molecule has 11 heavy (non-hydrogen) atoms. The van der Waals surface area contributed by atoms with Crippen LogP contribution in [-0.2, 0) is 0 Å². The summed E-state index contributed by atoms with van der Waals surface area (Å²) in [7, 11) is 0. The van der Waals surface area contributed by atoms with Crippen molar-refractivity contribution in [1.29, 1.82) is 0 Å². The Hall–Kier alpha value is -0.700. The lowest BCUT2D eigenvalue weighted by molar-refractivity contribution is 0.150. The highest BCUT2D eigenvalue weighted by Gasteiger charge is 2.09. The molecule has 0 aliphatic rings. The van der Waals surface area contributed by atoms with Crippen LogP contribution >= 0.6 is 11.6 Å². The van der Waals surface area contributed by atoms with Gasteiger partial charge in [-0.2, -0.15) is 0 Å². The first-order valence-electron chi connectivity index (χ1n) is 2.76. The maximum Gasteiger partial charge on any atom is 0.264 e. The number of benzene rings is 1. The molecule has 0 atom stereocenters. The fourth-order valence-corrected chi connectivity index (χ4v) is 0.702. The first kappa shape index (κ1) is 8.40. The lowest BCUT2D eigenvalue weighted by Crippen LogP contribution is -1.86. The fourth-order valence-electron chi connectivity index (χ4n) is 0.591. The van der Waals surface area contributed by atoms with Crippen LogP contribution in [0.5, 0.6) is 0 Å². The topological polar surface area (TPSA) is 0 Å². The van der Waals surface area contributed by atoms with E-state index in [0.717, 1.165) is 12.1 Å². The molecule has 1 aromatic carbocycles. The number of hydrogen-bond donors (Lipinski definition) is 0. The van der Waals surface area contributed by atoms with Gasteiger partial charge in [0, 0.05) is 11.6 Å². The fraction of sp³-hybridized carbons (Fsp3) is 0.143. The van der Waals surface area contributed by atoms with Crippen LogP contribution in [0.1, 0.15) is 12.0 Å². The normalized spacial score (nSPS) is 10.6. The summed E-state index contributed by atoms with van der Waals surface area (Å²) in [5, 5.41) is -0.200. The van der Waals surface area contributed by atoms with E-state index in [-0.39, 0.29) is 5.02 Å². The van der Waals surface area contributed by atoms with Crippen LogP contribution in [0.3, 0.4) is 0 Å². The van der Waals surface area contributed by atoms with Crippen molar-refractivity contribution in [1.82, 2.24) is 0 Å². The Balaban J connectivity index is 3.05. The van der Waals surface area contributed by atoms with Gasteiger partial charge in [0.15, 0.2) is 0 Å². The van der Waals surface area contributed by atoms with Gasteiger partial charge in [0.05, 0.1) is 5.02 Å². The molecule has 0 aromatic heterocycles. The Kier molecular flexibility index (Phi) is 2.39. The second kappa shape index (κ2) is 3.13. The molecule has 59 valence electrons. The third-order valence-electron chi connectivity index (χ3n) is 1.11. The standard InChI is InChI=1S/C7H3ClF3/c8-5-2-1-4(7(10)11)3-6(5)9/h1-2,7H. The molecule has 0 spiro atoms. The summed E-state index contributed by atoms with van der Waals surface area (Å²) in [5.74, 6) is -0.940. The van der Waals surface area contributed by atoms with Crippen molar-refractivity contribution in [2.24, 2.45) is 0 Å². The Bertz CT molecular complexity index is 260. The van der Waals surface area contributed by atoms with E-state index in [0.29, 0.717) is 0 Å². The number of halogens is 4. The summed E-state index contributed by atoms with van der Waals surface area (Å²) in [5.41, 5.74) is -0.480. The average molecular weight is 180 g/mol. The van der Waals surface area contributed by atoms with Crippen molar-refractivity contribution in [2.75, 3.05) is 0 Å². The maximum atomic E-state index is 12.4. The lowest BCUT2D eigenvalue weighted by atomic mass is 10.2. The molecule has 0 nitrogen and oxygen atoms in total. The minimum atomic E-state index is -2.71. The van der Waals surface area contributed by atoms with Crippen LogP contribution in [0.2, 0.25) is 5.02 Å². The quantitative estimate of drug-likeness (QED) is 0.621. The van der Waals surface area contributed by atoms with Gasteiger partial charge >= 0.3 is 0 Å². The van der Waals surface area contributed by atoms with E-state index in [1.54, 1.807) is 0 Å². The van der Waals surface area contributed by atoms with E-state index in [1.165, 1.54) is 0 Å². The molecule has 1 radical (unpaired) electrons. The highest BCUT2D eigenvalue weighted by atomic mass is 35.5. The van der Waals surface area contributed by atoms with Crippen molar-refractivity contribution in [3.8, 4) is 0 Å². The zero-order valence-corrected chi connectivity index (χ0v) is 6.00. The molecule has 4 heteroatoms. The molecule has 0 fully saturated rings. The SMILES string of the molecule is Fc1[c]c(C(F)F)ccc1Cl. The minimum absolute atomic E-state index is 0.200. The molecule has 0 amide bonds. The van der Waals surface area contributed by atoms with Crippen LogP contribution in [0.25, 0.3) is 0 Å². The van der Waals surface area contributed by atoms with Crippen molar-refractivity contribution in [3.63, 3.8) is 0 Å². The van der Waals surface area contributed by atoms with Crippen LogP contribution in [-0.4, -0.2) is 0 Å². The van der Waals surface area contributed by atoms with Gasteiger partial charge in [-0.15, -0.1) is 0 Å².